The molecule has 0 saturated heterocycles. The minimum absolute atomic E-state index is 0.0399. The van der Waals surface area contributed by atoms with E-state index < -0.39 is 9.84 Å². The maximum Gasteiger partial charge on any atom is 0.206 e. The first-order chi connectivity index (χ1) is 19.1. The van der Waals surface area contributed by atoms with Crippen LogP contribution in [0, 0.1) is 0 Å². The summed E-state index contributed by atoms with van der Waals surface area (Å²) in [7, 11) is -3.62. The Labute approximate surface area is 246 Å². The zero-order chi connectivity index (χ0) is 30.1. The Kier molecular flexibility index (Phi) is 8.42. The summed E-state index contributed by atoms with van der Waals surface area (Å²) in [4.78, 5) is 0.518. The highest BCUT2D eigenvalue weighted by Gasteiger charge is 2.24. The quantitative estimate of drug-likeness (QED) is 0.201. The van der Waals surface area contributed by atoms with Crippen LogP contribution in [0.5, 0.6) is 17.2 Å². The van der Waals surface area contributed by atoms with Gasteiger partial charge >= 0.3 is 0 Å². The third-order valence-corrected chi connectivity index (χ3v) is 9.58. The lowest BCUT2D eigenvalue weighted by Crippen LogP contribution is -2.26. The van der Waals surface area contributed by atoms with E-state index in [1.54, 1.807) is 36.4 Å². The van der Waals surface area contributed by atoms with Crippen molar-refractivity contribution in [2.24, 2.45) is 0 Å². The lowest BCUT2D eigenvalue weighted by Gasteiger charge is -2.28. The van der Waals surface area contributed by atoms with Gasteiger partial charge in [-0.3, -0.25) is 0 Å². The molecule has 0 unspecified atom stereocenters. The molecular formula is C36H42O4S. The average molecular weight is 571 g/mol. The Morgan fingerprint density at radius 3 is 1.32 bits per heavy atom. The molecule has 0 spiro atoms. The van der Waals surface area contributed by atoms with Gasteiger partial charge in [-0.05, 0) is 103 Å². The molecule has 4 aromatic rings. The molecule has 0 aromatic heterocycles. The molecule has 0 amide bonds. The van der Waals surface area contributed by atoms with E-state index >= 15 is 0 Å². The molecule has 0 aliphatic carbocycles. The van der Waals surface area contributed by atoms with Gasteiger partial charge in [0, 0.05) is 5.41 Å². The molecular weight excluding hydrogens is 528 g/mol. The number of benzene rings is 4. The topological polar surface area (TPSA) is 52.6 Å². The van der Waals surface area contributed by atoms with Gasteiger partial charge in [-0.1, -0.05) is 77.9 Å². The summed E-state index contributed by atoms with van der Waals surface area (Å²) in [6, 6.07) is 30.0. The third kappa shape index (κ3) is 7.02. The summed E-state index contributed by atoms with van der Waals surface area (Å²) >= 11 is 0. The van der Waals surface area contributed by atoms with E-state index in [1.807, 2.05) is 36.4 Å². The lowest BCUT2D eigenvalue weighted by molar-refractivity contribution is 0.105. The standard InChI is InChI=1S/C36H42O4S/c1-9-35(5,6)40-31-18-12-28(13-19-31)36(7,8)27-10-16-29(17-11-27)39-30-20-24-33(25-21-30)41(37,38)32-22-14-26(15-23-32)34(2,3)4/h10-25H,9H2,1-8H3. The normalized spacial score (nSPS) is 12.7. The van der Waals surface area contributed by atoms with Crippen molar-refractivity contribution in [2.75, 3.05) is 0 Å². The van der Waals surface area contributed by atoms with Crippen LogP contribution >= 0.6 is 0 Å². The molecule has 4 aromatic carbocycles. The van der Waals surface area contributed by atoms with Gasteiger partial charge in [0.15, 0.2) is 0 Å². The second kappa shape index (κ2) is 11.4. The maximum absolute atomic E-state index is 13.2. The fourth-order valence-electron chi connectivity index (χ4n) is 4.53. The minimum atomic E-state index is -3.62. The molecule has 0 radical (unpaired) electrons. The second-order valence-corrected chi connectivity index (χ2v) is 14.7. The fourth-order valence-corrected chi connectivity index (χ4v) is 5.79. The smallest absolute Gasteiger partial charge is 0.206 e. The van der Waals surface area contributed by atoms with Crippen LogP contribution in [0.3, 0.4) is 0 Å². The summed E-state index contributed by atoms with van der Waals surface area (Å²) in [6.45, 7) is 17.0. The molecule has 0 fully saturated rings. The van der Waals surface area contributed by atoms with Crippen molar-refractivity contribution in [2.45, 2.75) is 88.0 Å². The highest BCUT2D eigenvalue weighted by atomic mass is 32.2. The van der Waals surface area contributed by atoms with E-state index in [1.165, 1.54) is 5.56 Å². The fraction of sp³-hybridized carbons (Fsp3) is 0.333. The molecule has 0 aliphatic heterocycles. The van der Waals surface area contributed by atoms with Gasteiger partial charge in [0.1, 0.15) is 22.8 Å². The first kappa shape index (κ1) is 30.4. The predicted octanol–water partition coefficient (Wildman–Crippen LogP) is 9.50. The van der Waals surface area contributed by atoms with Gasteiger partial charge in [-0.2, -0.15) is 0 Å². The van der Waals surface area contributed by atoms with Crippen molar-refractivity contribution in [3.8, 4) is 17.2 Å². The van der Waals surface area contributed by atoms with Gasteiger partial charge in [0.25, 0.3) is 0 Å². The van der Waals surface area contributed by atoms with Gasteiger partial charge < -0.3 is 9.47 Å². The molecule has 0 heterocycles. The second-order valence-electron chi connectivity index (χ2n) is 12.7. The van der Waals surface area contributed by atoms with Gasteiger partial charge in [-0.25, -0.2) is 8.42 Å². The zero-order valence-electron chi connectivity index (χ0n) is 25.5. The summed E-state index contributed by atoms with van der Waals surface area (Å²) in [5.74, 6) is 2.13. The van der Waals surface area contributed by atoms with Crippen molar-refractivity contribution in [1.82, 2.24) is 0 Å². The summed E-state index contributed by atoms with van der Waals surface area (Å²) in [5, 5.41) is 0. The van der Waals surface area contributed by atoms with E-state index in [9.17, 15) is 8.42 Å². The maximum atomic E-state index is 13.2. The molecule has 0 atom stereocenters. The van der Waals surface area contributed by atoms with E-state index in [4.69, 9.17) is 9.47 Å². The molecule has 0 aliphatic rings. The van der Waals surface area contributed by atoms with Crippen LogP contribution in [0.25, 0.3) is 0 Å². The molecule has 41 heavy (non-hydrogen) atoms. The van der Waals surface area contributed by atoms with Crippen LogP contribution in [-0.2, 0) is 20.7 Å². The van der Waals surface area contributed by atoms with Crippen molar-refractivity contribution >= 4 is 9.84 Å². The van der Waals surface area contributed by atoms with Crippen molar-refractivity contribution in [3.05, 3.63) is 114 Å². The summed E-state index contributed by atoms with van der Waals surface area (Å²) in [6.07, 6.45) is 0.935. The third-order valence-electron chi connectivity index (χ3n) is 7.80. The van der Waals surface area contributed by atoms with Crippen LogP contribution in [0.4, 0.5) is 0 Å². The van der Waals surface area contributed by atoms with Crippen LogP contribution < -0.4 is 9.47 Å². The number of ether oxygens (including phenoxy) is 2. The molecule has 0 bridgehead atoms. The SMILES string of the molecule is CCC(C)(C)Oc1ccc(C(C)(C)c2ccc(Oc3ccc(S(=O)(=O)c4ccc(C(C)(C)C)cc4)cc3)cc2)cc1. The van der Waals surface area contributed by atoms with Crippen LogP contribution in [-0.4, -0.2) is 14.0 Å². The Balaban J connectivity index is 1.44. The van der Waals surface area contributed by atoms with Gasteiger partial charge in [0.05, 0.1) is 9.79 Å². The first-order valence-corrected chi connectivity index (χ1v) is 15.6. The van der Waals surface area contributed by atoms with Crippen molar-refractivity contribution < 1.29 is 17.9 Å². The van der Waals surface area contributed by atoms with Crippen molar-refractivity contribution in [1.29, 1.82) is 0 Å². The molecule has 0 N–H and O–H groups in total. The van der Waals surface area contributed by atoms with E-state index in [2.05, 4.69) is 79.7 Å². The molecule has 216 valence electrons. The summed E-state index contributed by atoms with van der Waals surface area (Å²) in [5.41, 5.74) is 3.00. The van der Waals surface area contributed by atoms with Crippen LogP contribution in [0.1, 0.15) is 78.5 Å². The Bertz CT molecular complexity index is 1560. The predicted molar refractivity (Wildman–Crippen MR) is 167 cm³/mol. The van der Waals surface area contributed by atoms with E-state index in [0.717, 1.165) is 23.3 Å². The highest BCUT2D eigenvalue weighted by Crippen LogP contribution is 2.35. The Morgan fingerprint density at radius 2 is 0.902 bits per heavy atom. The van der Waals surface area contributed by atoms with Crippen LogP contribution in [0.15, 0.2) is 107 Å². The number of rotatable bonds is 9. The molecule has 4 nitrogen and oxygen atoms in total. The Hall–Kier alpha value is -3.57. The number of sulfone groups is 1. The van der Waals surface area contributed by atoms with Gasteiger partial charge in [-0.15, -0.1) is 0 Å². The van der Waals surface area contributed by atoms with Crippen LogP contribution in [0.2, 0.25) is 0 Å². The molecule has 0 saturated carbocycles. The van der Waals surface area contributed by atoms with Gasteiger partial charge in [0.2, 0.25) is 9.84 Å². The largest absolute Gasteiger partial charge is 0.488 e. The Morgan fingerprint density at radius 1 is 0.537 bits per heavy atom. The molecule has 4 rings (SSSR count). The first-order valence-electron chi connectivity index (χ1n) is 14.2. The monoisotopic (exact) mass is 570 g/mol. The number of hydrogen-bond donors (Lipinski definition) is 0. The number of hydrogen-bond acceptors (Lipinski definition) is 4. The average Bonchev–Trinajstić information content (AvgIpc) is 2.93. The highest BCUT2D eigenvalue weighted by molar-refractivity contribution is 7.91. The lowest BCUT2D eigenvalue weighted by atomic mass is 9.78. The minimum Gasteiger partial charge on any atom is -0.488 e. The summed E-state index contributed by atoms with van der Waals surface area (Å²) < 4.78 is 38.5. The van der Waals surface area contributed by atoms with Crippen molar-refractivity contribution in [3.63, 3.8) is 0 Å². The molecule has 5 heteroatoms. The van der Waals surface area contributed by atoms with E-state index in [0.29, 0.717) is 11.5 Å². The van der Waals surface area contributed by atoms with E-state index in [-0.39, 0.29) is 26.2 Å². The zero-order valence-corrected chi connectivity index (χ0v) is 26.3.